The second-order valence-electron chi connectivity index (χ2n) is 8.34. The van der Waals surface area contributed by atoms with Crippen LogP contribution >= 0.6 is 11.8 Å². The maximum absolute atomic E-state index is 14.6. The minimum Gasteiger partial charge on any atom is -0.376 e. The van der Waals surface area contributed by atoms with E-state index in [1.165, 1.54) is 10.6 Å². The van der Waals surface area contributed by atoms with Crippen molar-refractivity contribution in [2.45, 2.75) is 29.2 Å². The topological polar surface area (TPSA) is 87.7 Å². The lowest BCUT2D eigenvalue weighted by molar-refractivity contribution is -0.0330. The van der Waals surface area contributed by atoms with Crippen LogP contribution in [-0.4, -0.2) is 64.6 Å². The lowest BCUT2D eigenvalue weighted by atomic mass is 10.0. The van der Waals surface area contributed by atoms with Crippen LogP contribution in [0.4, 0.5) is 28.9 Å². The van der Waals surface area contributed by atoms with Gasteiger partial charge in [-0.25, -0.2) is 9.37 Å². The summed E-state index contributed by atoms with van der Waals surface area (Å²) in [6.07, 6.45) is 0.917. The number of carbonyl (C=O) groups is 1. The van der Waals surface area contributed by atoms with Gasteiger partial charge in [0.15, 0.2) is 5.65 Å². The number of hydrogen-bond donors (Lipinski definition) is 3. The van der Waals surface area contributed by atoms with E-state index in [-0.39, 0.29) is 41.2 Å². The number of pyridine rings is 1. The number of hydrogen-bond acceptors (Lipinski definition) is 6. The van der Waals surface area contributed by atoms with Crippen LogP contribution in [0.15, 0.2) is 47.6 Å². The van der Waals surface area contributed by atoms with Crippen molar-refractivity contribution in [3.63, 3.8) is 0 Å². The third kappa shape index (κ3) is 6.22. The molecule has 0 spiro atoms. The molecule has 0 unspecified atom stereocenters. The zero-order valence-corrected chi connectivity index (χ0v) is 20.1. The minimum atomic E-state index is -4.55. The molecule has 36 heavy (non-hydrogen) atoms. The van der Waals surface area contributed by atoms with Gasteiger partial charge in [-0.3, -0.25) is 9.20 Å². The Kier molecular flexibility index (Phi) is 7.61. The van der Waals surface area contributed by atoms with Gasteiger partial charge in [0.1, 0.15) is 16.9 Å². The first kappa shape index (κ1) is 25.7. The fraction of sp³-hybridized carbons (Fsp3) is 0.333. The number of thioether (sulfide) groups is 1. The fourth-order valence-electron chi connectivity index (χ4n) is 3.89. The molecule has 0 aliphatic carbocycles. The molecule has 190 valence electrons. The van der Waals surface area contributed by atoms with Gasteiger partial charge in [0.2, 0.25) is 5.91 Å². The first-order valence-electron chi connectivity index (χ1n) is 11.1. The Hall–Kier alpha value is -3.43. The highest BCUT2D eigenvalue weighted by atomic mass is 32.2. The average Bonchev–Trinajstić information content (AvgIpc) is 3.15. The number of fused-ring (bicyclic) bond motifs is 1. The van der Waals surface area contributed by atoms with Gasteiger partial charge in [-0.2, -0.15) is 13.2 Å². The molecule has 1 amide bonds. The molecule has 1 saturated heterocycles. The Balaban J connectivity index is 1.58. The second kappa shape index (κ2) is 10.7. The number of piperidine rings is 1. The van der Waals surface area contributed by atoms with Crippen LogP contribution in [0.2, 0.25) is 0 Å². The summed E-state index contributed by atoms with van der Waals surface area (Å²) >= 11 is -0.297. The van der Waals surface area contributed by atoms with Crippen LogP contribution in [0.1, 0.15) is 22.5 Å². The second-order valence-corrected chi connectivity index (χ2v) is 9.40. The van der Waals surface area contributed by atoms with Gasteiger partial charge < -0.3 is 21.3 Å². The Bertz CT molecular complexity index is 1300. The summed E-state index contributed by atoms with van der Waals surface area (Å²) < 4.78 is 55.9. The van der Waals surface area contributed by atoms with Gasteiger partial charge in [0, 0.05) is 42.3 Å². The summed E-state index contributed by atoms with van der Waals surface area (Å²) in [5, 5.41) is 5.97. The first-order valence-corrected chi connectivity index (χ1v) is 11.9. The molecule has 2 aromatic heterocycles. The van der Waals surface area contributed by atoms with Crippen molar-refractivity contribution in [1.29, 1.82) is 0 Å². The third-order valence-electron chi connectivity index (χ3n) is 5.66. The zero-order valence-electron chi connectivity index (χ0n) is 19.3. The highest BCUT2D eigenvalue weighted by Gasteiger charge is 2.33. The van der Waals surface area contributed by atoms with Crippen LogP contribution in [-0.2, 0) is 0 Å². The lowest BCUT2D eigenvalue weighted by Crippen LogP contribution is -2.46. The number of carbonyl (C=O) groups excluding carboxylic acids is 1. The molecule has 0 saturated carbocycles. The van der Waals surface area contributed by atoms with Crippen LogP contribution < -0.4 is 16.4 Å². The molecule has 0 bridgehead atoms. The summed E-state index contributed by atoms with van der Waals surface area (Å²) in [4.78, 5) is 17.4. The fourth-order valence-corrected chi connectivity index (χ4v) is 4.55. The molecule has 0 radical (unpaired) electrons. The molecule has 12 heteroatoms. The van der Waals surface area contributed by atoms with Gasteiger partial charge in [0.25, 0.3) is 0 Å². The predicted molar refractivity (Wildman–Crippen MR) is 132 cm³/mol. The van der Waals surface area contributed by atoms with Gasteiger partial charge in [-0.15, -0.1) is 0 Å². The van der Waals surface area contributed by atoms with Gasteiger partial charge >= 0.3 is 5.51 Å². The van der Waals surface area contributed by atoms with E-state index >= 15 is 0 Å². The Labute approximate surface area is 209 Å². The maximum Gasteiger partial charge on any atom is 0.447 e. The smallest absolute Gasteiger partial charge is 0.376 e. The van der Waals surface area contributed by atoms with E-state index < -0.39 is 23.6 Å². The SMILES string of the molecule is CN1CC[C@@H](Nc2cccn3c(SC(F)(F)F)c(C#CCNc4ccc(C(N)=O)cc4)nc23)[C@@H](F)C1. The minimum absolute atomic E-state index is 0.0300. The highest BCUT2D eigenvalue weighted by Crippen LogP contribution is 2.39. The van der Waals surface area contributed by atoms with E-state index in [0.29, 0.717) is 29.9 Å². The monoisotopic (exact) mass is 520 g/mol. The third-order valence-corrected chi connectivity index (χ3v) is 6.48. The van der Waals surface area contributed by atoms with Gasteiger partial charge in [-0.1, -0.05) is 5.92 Å². The molecule has 1 aromatic carbocycles. The van der Waals surface area contributed by atoms with E-state index in [1.54, 1.807) is 36.4 Å². The van der Waals surface area contributed by atoms with Crippen LogP contribution in [0.3, 0.4) is 0 Å². The van der Waals surface area contributed by atoms with E-state index in [4.69, 9.17) is 5.73 Å². The summed E-state index contributed by atoms with van der Waals surface area (Å²) in [6, 6.07) is 9.20. The molecule has 1 aliphatic rings. The van der Waals surface area contributed by atoms with E-state index in [0.717, 1.165) is 0 Å². The largest absolute Gasteiger partial charge is 0.447 e. The Morgan fingerprint density at radius 1 is 1.28 bits per heavy atom. The summed E-state index contributed by atoms with van der Waals surface area (Å²) in [5.41, 5.74) is 2.35. The number of imidazole rings is 1. The average molecular weight is 521 g/mol. The number of halogens is 4. The number of benzene rings is 1. The van der Waals surface area contributed by atoms with Crippen molar-refractivity contribution in [2.24, 2.45) is 5.73 Å². The van der Waals surface area contributed by atoms with Crippen molar-refractivity contribution in [1.82, 2.24) is 14.3 Å². The number of nitrogens with one attached hydrogen (secondary N) is 2. The molecule has 3 aromatic rings. The zero-order chi connectivity index (χ0) is 25.9. The predicted octanol–water partition coefficient (Wildman–Crippen LogP) is 3.96. The number of likely N-dealkylation sites (tertiary alicyclic amines) is 1. The number of amides is 1. The van der Waals surface area contributed by atoms with Crippen molar-refractivity contribution in [2.75, 3.05) is 37.3 Å². The lowest BCUT2D eigenvalue weighted by Gasteiger charge is -2.33. The molecule has 3 heterocycles. The van der Waals surface area contributed by atoms with E-state index in [2.05, 4.69) is 27.5 Å². The van der Waals surface area contributed by atoms with Crippen molar-refractivity contribution >= 4 is 34.7 Å². The molecular formula is C24H24F4N6OS. The normalized spacial score (nSPS) is 18.5. The van der Waals surface area contributed by atoms with Crippen molar-refractivity contribution in [3.05, 3.63) is 53.9 Å². The van der Waals surface area contributed by atoms with Crippen LogP contribution in [0.25, 0.3) is 5.65 Å². The summed E-state index contributed by atoms with van der Waals surface area (Å²) in [7, 11) is 1.84. The molecule has 4 N–H and O–H groups in total. The van der Waals surface area contributed by atoms with Crippen LogP contribution in [0.5, 0.6) is 0 Å². The molecule has 2 atom stereocenters. The number of nitrogens with two attached hydrogens (primary N) is 1. The number of nitrogens with zero attached hydrogens (tertiary/aromatic N) is 3. The Morgan fingerprint density at radius 3 is 2.69 bits per heavy atom. The first-order chi connectivity index (χ1) is 17.1. The number of rotatable bonds is 6. The van der Waals surface area contributed by atoms with Crippen LogP contribution in [0, 0.1) is 11.8 Å². The molecule has 1 fully saturated rings. The number of aromatic nitrogens is 2. The van der Waals surface area contributed by atoms with Gasteiger partial charge in [0.05, 0.1) is 18.3 Å². The van der Waals surface area contributed by atoms with E-state index in [9.17, 15) is 22.4 Å². The maximum atomic E-state index is 14.6. The summed E-state index contributed by atoms with van der Waals surface area (Å²) in [5.74, 6) is 4.97. The van der Waals surface area contributed by atoms with Crippen molar-refractivity contribution in [3.8, 4) is 11.8 Å². The van der Waals surface area contributed by atoms with E-state index in [1.807, 2.05) is 11.9 Å². The quantitative estimate of drug-likeness (QED) is 0.259. The number of primary amides is 1. The Morgan fingerprint density at radius 2 is 2.03 bits per heavy atom. The number of anilines is 2. The number of alkyl halides is 4. The highest BCUT2D eigenvalue weighted by molar-refractivity contribution is 8.00. The standard InChI is InChI=1S/C24H24F4N6OS/c1-33-13-10-18(17(25)14-33)31-19-5-3-12-34-22(19)32-20(23(34)36-24(26,27)28)4-2-11-30-16-8-6-15(7-9-16)21(29)35/h3,5-9,12,17-18,30-31H,10-11,13-14H2,1H3,(H2,29,35)/t17-,18+/m0/s1. The van der Waals surface area contributed by atoms with Gasteiger partial charge in [-0.05, 0) is 55.8 Å². The summed E-state index contributed by atoms with van der Waals surface area (Å²) in [6.45, 7) is 1.11. The molecule has 7 nitrogen and oxygen atoms in total. The molecule has 4 rings (SSSR count). The molecular weight excluding hydrogens is 496 g/mol. The van der Waals surface area contributed by atoms with Crippen molar-refractivity contribution < 1.29 is 22.4 Å². The molecule has 1 aliphatic heterocycles.